The minimum Gasteiger partial charge on any atom is -0.388 e. The molecule has 0 aliphatic rings. The molecule has 0 aliphatic carbocycles. The van der Waals surface area contributed by atoms with Crippen LogP contribution in [0.4, 0.5) is 4.39 Å². The normalized spacial score (nSPS) is 14.4. The Morgan fingerprint density at radius 1 is 1.47 bits per heavy atom. The van der Waals surface area contributed by atoms with E-state index < -0.39 is 11.4 Å². The number of benzene rings is 1. The first-order valence-electron chi connectivity index (χ1n) is 5.61. The third-order valence-corrected chi connectivity index (χ3v) is 3.02. The highest BCUT2D eigenvalue weighted by Gasteiger charge is 2.23. The molecule has 5 nitrogen and oxygen atoms in total. The van der Waals surface area contributed by atoms with E-state index in [9.17, 15) is 9.50 Å². The molecule has 0 radical (unpaired) electrons. The number of halogens is 2. The molecule has 19 heavy (non-hydrogen) atoms. The lowest BCUT2D eigenvalue weighted by Gasteiger charge is -2.17. The molecule has 3 N–H and O–H groups in total. The molecular weight excluding hydrogens is 317 g/mol. The van der Waals surface area contributed by atoms with E-state index in [1.807, 2.05) is 0 Å². The third-order valence-electron chi connectivity index (χ3n) is 2.56. The smallest absolute Gasteiger partial charge is 0.229 e. The standard InChI is InChI=1S/C12H13BrFN3O2/c1-12(18,6-15)5-10-16-11(17-19-10)7-2-8(13)4-9(14)3-7/h2-4,18H,5-6,15H2,1H3. The second-order valence-corrected chi connectivity index (χ2v) is 5.46. The van der Waals surface area contributed by atoms with Gasteiger partial charge < -0.3 is 15.4 Å². The Bertz CT molecular complexity index is 566. The fourth-order valence-corrected chi connectivity index (χ4v) is 1.99. The Balaban J connectivity index is 2.25. The minimum atomic E-state index is -1.10. The molecule has 7 heteroatoms. The summed E-state index contributed by atoms with van der Waals surface area (Å²) in [6, 6.07) is 4.32. The van der Waals surface area contributed by atoms with Gasteiger partial charge >= 0.3 is 0 Å². The minimum absolute atomic E-state index is 0.0796. The van der Waals surface area contributed by atoms with Crippen LogP contribution in [-0.4, -0.2) is 27.4 Å². The molecule has 1 unspecified atom stereocenters. The molecule has 0 bridgehead atoms. The van der Waals surface area contributed by atoms with Crippen molar-refractivity contribution in [1.29, 1.82) is 0 Å². The molecule has 1 heterocycles. The number of aromatic nitrogens is 2. The van der Waals surface area contributed by atoms with Gasteiger partial charge in [-0.05, 0) is 25.1 Å². The van der Waals surface area contributed by atoms with Crippen molar-refractivity contribution < 1.29 is 14.0 Å². The molecule has 0 saturated carbocycles. The largest absolute Gasteiger partial charge is 0.388 e. The SMILES string of the molecule is CC(O)(CN)Cc1nc(-c2cc(F)cc(Br)c2)no1. The first kappa shape index (κ1) is 14.1. The van der Waals surface area contributed by atoms with E-state index in [1.54, 1.807) is 13.0 Å². The number of hydrogen-bond donors (Lipinski definition) is 2. The number of nitrogens with zero attached hydrogens (tertiary/aromatic N) is 2. The van der Waals surface area contributed by atoms with Crippen molar-refractivity contribution in [2.45, 2.75) is 18.9 Å². The van der Waals surface area contributed by atoms with Crippen molar-refractivity contribution in [2.24, 2.45) is 5.73 Å². The van der Waals surface area contributed by atoms with E-state index in [4.69, 9.17) is 10.3 Å². The van der Waals surface area contributed by atoms with Gasteiger partial charge in [-0.2, -0.15) is 4.98 Å². The number of rotatable bonds is 4. The van der Waals surface area contributed by atoms with Gasteiger partial charge in [0.2, 0.25) is 11.7 Å². The maximum Gasteiger partial charge on any atom is 0.229 e. The zero-order chi connectivity index (χ0) is 14.0. The van der Waals surface area contributed by atoms with Crippen molar-refractivity contribution in [3.05, 3.63) is 34.4 Å². The van der Waals surface area contributed by atoms with Crippen molar-refractivity contribution >= 4 is 15.9 Å². The summed E-state index contributed by atoms with van der Waals surface area (Å²) in [4.78, 5) is 4.12. The van der Waals surface area contributed by atoms with Gasteiger partial charge in [0.05, 0.1) is 12.0 Å². The van der Waals surface area contributed by atoms with E-state index in [0.29, 0.717) is 10.0 Å². The second kappa shape index (κ2) is 5.36. The molecule has 0 fully saturated rings. The lowest BCUT2D eigenvalue weighted by molar-refractivity contribution is 0.0610. The average Bonchev–Trinajstić information content (AvgIpc) is 2.75. The van der Waals surface area contributed by atoms with E-state index >= 15 is 0 Å². The molecule has 2 aromatic rings. The Morgan fingerprint density at radius 3 is 2.84 bits per heavy atom. The summed E-state index contributed by atoms with van der Waals surface area (Å²) in [5.74, 6) is 0.124. The van der Waals surface area contributed by atoms with Crippen LogP contribution in [0.5, 0.6) is 0 Å². The predicted octanol–water partition coefficient (Wildman–Crippen LogP) is 1.89. The van der Waals surface area contributed by atoms with Crippen LogP contribution in [0.2, 0.25) is 0 Å². The van der Waals surface area contributed by atoms with Crippen LogP contribution in [-0.2, 0) is 6.42 Å². The van der Waals surface area contributed by atoms with Crippen LogP contribution >= 0.6 is 15.9 Å². The Labute approximate surface area is 117 Å². The Hall–Kier alpha value is -1.31. The van der Waals surface area contributed by atoms with Crippen LogP contribution in [0.15, 0.2) is 27.2 Å². The lowest BCUT2D eigenvalue weighted by Crippen LogP contribution is -2.36. The van der Waals surface area contributed by atoms with E-state index in [-0.39, 0.29) is 24.7 Å². The molecule has 0 amide bonds. The van der Waals surface area contributed by atoms with Gasteiger partial charge in [-0.3, -0.25) is 0 Å². The number of aliphatic hydroxyl groups is 1. The highest BCUT2D eigenvalue weighted by Crippen LogP contribution is 2.23. The highest BCUT2D eigenvalue weighted by molar-refractivity contribution is 9.10. The van der Waals surface area contributed by atoms with Crippen LogP contribution < -0.4 is 5.73 Å². The molecule has 2 rings (SSSR count). The van der Waals surface area contributed by atoms with Crippen LogP contribution in [0, 0.1) is 5.82 Å². The van der Waals surface area contributed by atoms with Crippen molar-refractivity contribution in [2.75, 3.05) is 6.54 Å². The van der Waals surface area contributed by atoms with Crippen molar-refractivity contribution in [3.8, 4) is 11.4 Å². The van der Waals surface area contributed by atoms with Crippen molar-refractivity contribution in [1.82, 2.24) is 10.1 Å². The first-order valence-corrected chi connectivity index (χ1v) is 6.40. The Morgan fingerprint density at radius 2 is 2.21 bits per heavy atom. The highest BCUT2D eigenvalue weighted by atomic mass is 79.9. The first-order chi connectivity index (χ1) is 8.89. The maximum absolute atomic E-state index is 13.3. The predicted molar refractivity (Wildman–Crippen MR) is 70.8 cm³/mol. The summed E-state index contributed by atoms with van der Waals surface area (Å²) in [6.45, 7) is 1.66. The maximum atomic E-state index is 13.3. The summed E-state index contributed by atoms with van der Waals surface area (Å²) >= 11 is 3.19. The van der Waals surface area contributed by atoms with E-state index in [2.05, 4.69) is 26.1 Å². The third kappa shape index (κ3) is 3.59. The topological polar surface area (TPSA) is 85.2 Å². The summed E-state index contributed by atoms with van der Waals surface area (Å²) in [5, 5.41) is 13.6. The summed E-state index contributed by atoms with van der Waals surface area (Å²) in [6.07, 6.45) is 0.146. The number of hydrogen-bond acceptors (Lipinski definition) is 5. The van der Waals surface area contributed by atoms with Gasteiger partial charge in [0.15, 0.2) is 0 Å². The van der Waals surface area contributed by atoms with Crippen LogP contribution in [0.1, 0.15) is 12.8 Å². The fraction of sp³-hybridized carbons (Fsp3) is 0.333. The van der Waals surface area contributed by atoms with E-state index in [1.165, 1.54) is 12.1 Å². The lowest BCUT2D eigenvalue weighted by atomic mass is 10.0. The molecule has 1 atom stereocenters. The summed E-state index contributed by atoms with van der Waals surface area (Å²) in [7, 11) is 0. The zero-order valence-corrected chi connectivity index (χ0v) is 11.8. The summed E-state index contributed by atoms with van der Waals surface area (Å²) < 4.78 is 18.9. The molecule has 102 valence electrons. The fourth-order valence-electron chi connectivity index (χ4n) is 1.52. The van der Waals surface area contributed by atoms with Gasteiger partial charge in [-0.25, -0.2) is 4.39 Å². The molecule has 1 aromatic heterocycles. The van der Waals surface area contributed by atoms with Crippen molar-refractivity contribution in [3.63, 3.8) is 0 Å². The van der Waals surface area contributed by atoms with E-state index in [0.717, 1.165) is 0 Å². The zero-order valence-electron chi connectivity index (χ0n) is 10.2. The van der Waals surface area contributed by atoms with Gasteiger partial charge in [0.1, 0.15) is 5.82 Å². The molecular formula is C12H13BrFN3O2. The number of nitrogens with two attached hydrogens (primary N) is 1. The van der Waals surface area contributed by atoms with Gasteiger partial charge in [-0.1, -0.05) is 21.1 Å². The average molecular weight is 330 g/mol. The van der Waals surface area contributed by atoms with Crippen LogP contribution in [0.3, 0.4) is 0 Å². The monoisotopic (exact) mass is 329 g/mol. The summed E-state index contributed by atoms with van der Waals surface area (Å²) in [5.41, 5.74) is 4.81. The molecule has 0 spiro atoms. The Kier molecular flexibility index (Phi) is 3.98. The second-order valence-electron chi connectivity index (χ2n) is 4.55. The molecule has 1 aromatic carbocycles. The molecule has 0 saturated heterocycles. The van der Waals surface area contributed by atoms with Crippen LogP contribution in [0.25, 0.3) is 11.4 Å². The van der Waals surface area contributed by atoms with Gasteiger partial charge in [0.25, 0.3) is 0 Å². The quantitative estimate of drug-likeness (QED) is 0.894. The van der Waals surface area contributed by atoms with Gasteiger partial charge in [-0.15, -0.1) is 0 Å². The molecule has 0 aliphatic heterocycles. The van der Waals surface area contributed by atoms with Gasteiger partial charge in [0, 0.05) is 16.6 Å².